The lowest BCUT2D eigenvalue weighted by Gasteiger charge is -2.18. The molecule has 3 aromatic rings. The van der Waals surface area contributed by atoms with Crippen LogP contribution in [0.15, 0.2) is 60.0 Å². The molecule has 3 rings (SSSR count). The summed E-state index contributed by atoms with van der Waals surface area (Å²) in [6.45, 7) is 4.32. The summed E-state index contributed by atoms with van der Waals surface area (Å²) in [7, 11) is -3.56. The van der Waals surface area contributed by atoms with Gasteiger partial charge in [-0.15, -0.1) is 0 Å². The molecule has 28 heavy (non-hydrogen) atoms. The Kier molecular flexibility index (Phi) is 5.81. The Morgan fingerprint density at radius 3 is 2.46 bits per heavy atom. The lowest BCUT2D eigenvalue weighted by molar-refractivity contribution is 0.102. The molecule has 0 spiro atoms. The van der Waals surface area contributed by atoms with E-state index in [2.05, 4.69) is 20.4 Å². The number of anilines is 1. The molecular formula is C18H20N6O3S. The fourth-order valence-electron chi connectivity index (χ4n) is 2.62. The predicted octanol–water partition coefficient (Wildman–Crippen LogP) is 1.95. The molecular weight excluding hydrogens is 380 g/mol. The van der Waals surface area contributed by atoms with E-state index < -0.39 is 15.9 Å². The van der Waals surface area contributed by atoms with Crippen molar-refractivity contribution in [3.8, 4) is 5.82 Å². The summed E-state index contributed by atoms with van der Waals surface area (Å²) in [5.74, 6) is 0.415. The second kappa shape index (κ2) is 8.28. The third-order valence-corrected chi connectivity index (χ3v) is 6.16. The summed E-state index contributed by atoms with van der Waals surface area (Å²) >= 11 is 0. The highest BCUT2D eigenvalue weighted by Gasteiger charge is 2.21. The topological polar surface area (TPSA) is 110 Å². The summed E-state index contributed by atoms with van der Waals surface area (Å²) in [6.07, 6.45) is 4.67. The summed E-state index contributed by atoms with van der Waals surface area (Å²) in [5.41, 5.74) is 0.317. The molecule has 0 aliphatic heterocycles. The number of nitrogens with zero attached hydrogens (tertiary/aromatic N) is 5. The molecule has 1 aromatic carbocycles. The molecule has 1 amide bonds. The normalized spacial score (nSPS) is 11.5. The number of hydrogen-bond acceptors (Lipinski definition) is 6. The maximum Gasteiger partial charge on any atom is 0.256 e. The molecule has 2 heterocycles. The number of amides is 1. The van der Waals surface area contributed by atoms with Crippen molar-refractivity contribution < 1.29 is 13.2 Å². The van der Waals surface area contributed by atoms with Gasteiger partial charge in [-0.25, -0.2) is 23.1 Å². The maximum absolute atomic E-state index is 12.5. The highest BCUT2D eigenvalue weighted by atomic mass is 32.2. The fraction of sp³-hybridized carbons (Fsp3) is 0.222. The molecule has 0 unspecified atom stereocenters. The summed E-state index contributed by atoms with van der Waals surface area (Å²) in [5, 5.41) is 6.75. The first-order chi connectivity index (χ1) is 13.5. The molecule has 0 saturated heterocycles. The van der Waals surface area contributed by atoms with Gasteiger partial charge in [0.05, 0.1) is 4.90 Å². The van der Waals surface area contributed by atoms with Crippen LogP contribution < -0.4 is 5.32 Å². The number of benzene rings is 1. The molecule has 0 saturated carbocycles. The first-order valence-corrected chi connectivity index (χ1v) is 10.1. The van der Waals surface area contributed by atoms with Gasteiger partial charge in [0.2, 0.25) is 10.0 Å². The average Bonchev–Trinajstić information content (AvgIpc) is 3.24. The van der Waals surface area contributed by atoms with Crippen molar-refractivity contribution >= 4 is 21.7 Å². The summed E-state index contributed by atoms with van der Waals surface area (Å²) in [6, 6.07) is 9.15. The number of nitrogens with one attached hydrogen (secondary N) is 1. The molecule has 1 N–H and O–H groups in total. The largest absolute Gasteiger partial charge is 0.306 e. The van der Waals surface area contributed by atoms with Gasteiger partial charge < -0.3 is 5.32 Å². The van der Waals surface area contributed by atoms with E-state index in [0.29, 0.717) is 30.3 Å². The Morgan fingerprint density at radius 1 is 1.14 bits per heavy atom. The van der Waals surface area contributed by atoms with Gasteiger partial charge in [0, 0.05) is 37.1 Å². The minimum atomic E-state index is -3.56. The van der Waals surface area contributed by atoms with Gasteiger partial charge in [-0.05, 0) is 30.3 Å². The van der Waals surface area contributed by atoms with Crippen molar-refractivity contribution in [1.29, 1.82) is 0 Å². The Labute approximate surface area is 163 Å². The van der Waals surface area contributed by atoms with E-state index in [-0.39, 0.29) is 4.90 Å². The highest BCUT2D eigenvalue weighted by molar-refractivity contribution is 7.89. The Morgan fingerprint density at radius 2 is 1.86 bits per heavy atom. The number of carbonyl (C=O) groups is 1. The van der Waals surface area contributed by atoms with E-state index in [1.807, 2.05) is 0 Å². The third kappa shape index (κ3) is 4.07. The number of carbonyl (C=O) groups excluding carboxylic acids is 1. The van der Waals surface area contributed by atoms with Gasteiger partial charge in [-0.1, -0.05) is 13.8 Å². The molecule has 0 aliphatic carbocycles. The van der Waals surface area contributed by atoms with Crippen LogP contribution in [0.3, 0.4) is 0 Å². The summed E-state index contributed by atoms with van der Waals surface area (Å²) < 4.78 is 27.9. The molecule has 146 valence electrons. The van der Waals surface area contributed by atoms with Crippen molar-refractivity contribution in [2.45, 2.75) is 18.7 Å². The smallest absolute Gasteiger partial charge is 0.256 e. The second-order valence-electron chi connectivity index (χ2n) is 5.78. The van der Waals surface area contributed by atoms with Gasteiger partial charge in [-0.2, -0.15) is 9.40 Å². The standard InChI is InChI=1S/C18H20N6O3S/c1-3-23(4-2)28(26,27)15-8-6-14(7-9-15)18(25)22-16-12-17(20-13-19-16)24-11-5-10-21-24/h5-13H,3-4H2,1-2H3,(H,19,20,22,25). The maximum atomic E-state index is 12.5. The lowest BCUT2D eigenvalue weighted by Crippen LogP contribution is -2.30. The second-order valence-corrected chi connectivity index (χ2v) is 7.72. The predicted molar refractivity (Wildman–Crippen MR) is 104 cm³/mol. The molecule has 0 aliphatic rings. The molecule has 0 atom stereocenters. The average molecular weight is 400 g/mol. The molecule has 9 nitrogen and oxygen atoms in total. The van der Waals surface area contributed by atoms with Crippen molar-refractivity contribution in [1.82, 2.24) is 24.1 Å². The molecule has 2 aromatic heterocycles. The first kappa shape index (κ1) is 19.6. The number of hydrogen-bond donors (Lipinski definition) is 1. The zero-order valence-electron chi connectivity index (χ0n) is 15.5. The quantitative estimate of drug-likeness (QED) is 0.649. The van der Waals surface area contributed by atoms with Gasteiger partial charge in [0.15, 0.2) is 5.82 Å². The highest BCUT2D eigenvalue weighted by Crippen LogP contribution is 2.17. The monoisotopic (exact) mass is 400 g/mol. The van der Waals surface area contributed by atoms with Crippen LogP contribution in [-0.2, 0) is 10.0 Å². The van der Waals surface area contributed by atoms with E-state index >= 15 is 0 Å². The first-order valence-electron chi connectivity index (χ1n) is 8.69. The number of aromatic nitrogens is 4. The zero-order valence-corrected chi connectivity index (χ0v) is 16.3. The van der Waals surface area contributed by atoms with E-state index in [0.717, 1.165) is 0 Å². The minimum absolute atomic E-state index is 0.149. The Hall–Kier alpha value is -3.11. The molecule has 10 heteroatoms. The van der Waals surface area contributed by atoms with Gasteiger partial charge in [-0.3, -0.25) is 4.79 Å². The minimum Gasteiger partial charge on any atom is -0.306 e. The van der Waals surface area contributed by atoms with Crippen LogP contribution in [0, 0.1) is 0 Å². The van der Waals surface area contributed by atoms with Crippen molar-refractivity contribution in [3.63, 3.8) is 0 Å². The molecule has 0 radical (unpaired) electrons. The fourth-order valence-corrected chi connectivity index (χ4v) is 4.08. The van der Waals surface area contributed by atoms with Crippen LogP contribution in [0.4, 0.5) is 5.82 Å². The number of rotatable bonds is 7. The Bertz CT molecular complexity index is 1050. The van der Waals surface area contributed by atoms with Crippen molar-refractivity contribution in [3.05, 3.63) is 60.7 Å². The van der Waals surface area contributed by atoms with Crippen molar-refractivity contribution in [2.24, 2.45) is 0 Å². The van der Waals surface area contributed by atoms with Crippen LogP contribution in [0.5, 0.6) is 0 Å². The molecule has 0 fully saturated rings. The van der Waals surface area contributed by atoms with Crippen LogP contribution in [0.1, 0.15) is 24.2 Å². The van der Waals surface area contributed by atoms with E-state index in [1.165, 1.54) is 34.9 Å². The van der Waals surface area contributed by atoms with Gasteiger partial charge >= 0.3 is 0 Å². The van der Waals surface area contributed by atoms with Gasteiger partial charge in [0.25, 0.3) is 5.91 Å². The van der Waals surface area contributed by atoms with Crippen LogP contribution >= 0.6 is 0 Å². The Balaban J connectivity index is 1.76. The van der Waals surface area contributed by atoms with E-state index in [4.69, 9.17) is 0 Å². The zero-order chi connectivity index (χ0) is 20.1. The van der Waals surface area contributed by atoms with E-state index in [9.17, 15) is 13.2 Å². The third-order valence-electron chi connectivity index (χ3n) is 4.09. The number of sulfonamides is 1. The summed E-state index contributed by atoms with van der Waals surface area (Å²) in [4.78, 5) is 20.7. The van der Waals surface area contributed by atoms with Crippen LogP contribution in [0.25, 0.3) is 5.82 Å². The van der Waals surface area contributed by atoms with Crippen molar-refractivity contribution in [2.75, 3.05) is 18.4 Å². The van der Waals surface area contributed by atoms with Crippen LogP contribution in [-0.4, -0.2) is 51.5 Å². The lowest BCUT2D eigenvalue weighted by atomic mass is 10.2. The van der Waals surface area contributed by atoms with Gasteiger partial charge in [0.1, 0.15) is 12.1 Å². The van der Waals surface area contributed by atoms with E-state index in [1.54, 1.807) is 43.1 Å². The van der Waals surface area contributed by atoms with Crippen LogP contribution in [0.2, 0.25) is 0 Å². The SMILES string of the molecule is CCN(CC)S(=O)(=O)c1ccc(C(=O)Nc2cc(-n3cccn3)ncn2)cc1. The molecule has 0 bridgehead atoms.